The first-order valence-corrected chi connectivity index (χ1v) is 10.0. The van der Waals surface area contributed by atoms with Gasteiger partial charge in [-0.25, -0.2) is 4.79 Å². The molecular weight excluding hydrogens is 394 g/mol. The van der Waals surface area contributed by atoms with Gasteiger partial charge in [-0.15, -0.1) is 0 Å². The van der Waals surface area contributed by atoms with Crippen LogP contribution in [-0.4, -0.2) is 28.1 Å². The normalized spacial score (nSPS) is 11.4. The second kappa shape index (κ2) is 7.89. The predicted octanol–water partition coefficient (Wildman–Crippen LogP) is 5.14. The number of amides is 1. The maximum Gasteiger partial charge on any atom is 0.337 e. The van der Waals surface area contributed by atoms with E-state index < -0.39 is 5.97 Å². The quantitative estimate of drug-likeness (QED) is 0.469. The van der Waals surface area contributed by atoms with Gasteiger partial charge in [0.05, 0.1) is 17.9 Å². The van der Waals surface area contributed by atoms with Gasteiger partial charge in [-0.3, -0.25) is 4.79 Å². The van der Waals surface area contributed by atoms with Crippen LogP contribution in [0.15, 0.2) is 59.0 Å². The molecule has 4 aromatic rings. The standard InChI is InChI=1S/C25H23NO5/c1-14(2)26(24(28)17-7-4-15(3)5-8-17)21-11-19-18-10-16(13-27)6-9-22(18)31-23(19)12-20(21)25(29)30/h4-12,14,27H,13H2,1-3H3,(H,29,30). The fraction of sp³-hybridized carbons (Fsp3) is 0.200. The van der Waals surface area contributed by atoms with Crippen molar-refractivity contribution < 1.29 is 24.2 Å². The SMILES string of the molecule is Cc1ccc(C(=O)N(c2cc3c(cc2C(=O)O)oc2ccc(CO)cc23)C(C)C)cc1. The molecule has 31 heavy (non-hydrogen) atoms. The minimum absolute atomic E-state index is 0.0110. The number of hydrogen-bond donors (Lipinski definition) is 2. The molecule has 0 saturated carbocycles. The van der Waals surface area contributed by atoms with Gasteiger partial charge in [0.1, 0.15) is 11.2 Å². The zero-order valence-corrected chi connectivity index (χ0v) is 17.5. The van der Waals surface area contributed by atoms with E-state index in [4.69, 9.17) is 4.42 Å². The number of aliphatic hydroxyl groups is 1. The smallest absolute Gasteiger partial charge is 0.337 e. The Morgan fingerprint density at radius 2 is 1.65 bits per heavy atom. The Bertz CT molecular complexity index is 1300. The van der Waals surface area contributed by atoms with Crippen molar-refractivity contribution in [3.63, 3.8) is 0 Å². The number of aryl methyl sites for hydroxylation is 1. The largest absolute Gasteiger partial charge is 0.478 e. The summed E-state index contributed by atoms with van der Waals surface area (Å²) in [6.07, 6.45) is 0. The minimum Gasteiger partial charge on any atom is -0.478 e. The van der Waals surface area contributed by atoms with Crippen molar-refractivity contribution in [1.82, 2.24) is 0 Å². The number of aromatic carboxylic acids is 1. The van der Waals surface area contributed by atoms with Crippen LogP contribution in [-0.2, 0) is 6.61 Å². The molecule has 0 saturated heterocycles. The number of carboxylic acid groups (broad SMARTS) is 1. The second-order valence-electron chi connectivity index (χ2n) is 7.90. The fourth-order valence-electron chi connectivity index (χ4n) is 3.78. The van der Waals surface area contributed by atoms with Crippen LogP contribution in [0, 0.1) is 6.92 Å². The molecule has 0 radical (unpaired) electrons. The lowest BCUT2D eigenvalue weighted by Gasteiger charge is -2.28. The van der Waals surface area contributed by atoms with Crippen LogP contribution in [0.5, 0.6) is 0 Å². The lowest BCUT2D eigenvalue weighted by atomic mass is 10.0. The summed E-state index contributed by atoms with van der Waals surface area (Å²) < 4.78 is 5.85. The van der Waals surface area contributed by atoms with Gasteiger partial charge in [-0.05, 0) is 62.7 Å². The van der Waals surface area contributed by atoms with Crippen molar-refractivity contribution in [2.24, 2.45) is 0 Å². The van der Waals surface area contributed by atoms with Crippen LogP contribution in [0.25, 0.3) is 21.9 Å². The van der Waals surface area contributed by atoms with E-state index in [1.54, 1.807) is 30.3 Å². The monoisotopic (exact) mass is 417 g/mol. The van der Waals surface area contributed by atoms with Crippen LogP contribution in [0.4, 0.5) is 5.69 Å². The number of anilines is 1. The molecule has 0 aliphatic carbocycles. The van der Waals surface area contributed by atoms with Crippen molar-refractivity contribution in [2.75, 3.05) is 4.90 Å². The average molecular weight is 417 g/mol. The van der Waals surface area contributed by atoms with Gasteiger partial charge in [-0.1, -0.05) is 23.8 Å². The summed E-state index contributed by atoms with van der Waals surface area (Å²) in [4.78, 5) is 27.0. The first-order valence-electron chi connectivity index (χ1n) is 10.0. The van der Waals surface area contributed by atoms with Crippen molar-refractivity contribution in [1.29, 1.82) is 0 Å². The Labute approximate surface area is 179 Å². The van der Waals surface area contributed by atoms with Crippen LogP contribution in [0.2, 0.25) is 0 Å². The van der Waals surface area contributed by atoms with Crippen LogP contribution >= 0.6 is 0 Å². The third-order valence-electron chi connectivity index (χ3n) is 5.36. The van der Waals surface area contributed by atoms with Crippen molar-refractivity contribution >= 4 is 39.5 Å². The number of carbonyl (C=O) groups is 2. The van der Waals surface area contributed by atoms with Gasteiger partial charge < -0.3 is 19.5 Å². The molecule has 0 aliphatic rings. The third kappa shape index (κ3) is 3.66. The lowest BCUT2D eigenvalue weighted by molar-refractivity contribution is 0.0697. The lowest BCUT2D eigenvalue weighted by Crippen LogP contribution is -2.38. The molecule has 0 atom stereocenters. The highest BCUT2D eigenvalue weighted by Gasteiger charge is 2.27. The maximum atomic E-state index is 13.4. The number of furan rings is 1. The molecule has 1 aromatic heterocycles. The maximum absolute atomic E-state index is 13.4. The van der Waals surface area contributed by atoms with Gasteiger partial charge in [0.15, 0.2) is 0 Å². The summed E-state index contributed by atoms with van der Waals surface area (Å²) in [7, 11) is 0. The molecule has 6 nitrogen and oxygen atoms in total. The molecule has 1 amide bonds. The summed E-state index contributed by atoms with van der Waals surface area (Å²) in [5, 5.41) is 20.8. The Morgan fingerprint density at radius 3 is 2.26 bits per heavy atom. The number of rotatable bonds is 5. The number of carboxylic acids is 1. The van der Waals surface area contributed by atoms with E-state index in [2.05, 4.69) is 0 Å². The number of nitrogens with zero attached hydrogens (tertiary/aromatic N) is 1. The Hall–Kier alpha value is -3.64. The number of hydrogen-bond acceptors (Lipinski definition) is 4. The molecule has 0 unspecified atom stereocenters. The molecular formula is C25H23NO5. The highest BCUT2D eigenvalue weighted by Crippen LogP contribution is 2.36. The number of aliphatic hydroxyl groups excluding tert-OH is 1. The summed E-state index contributed by atoms with van der Waals surface area (Å²) in [5.74, 6) is -1.42. The first-order chi connectivity index (χ1) is 14.8. The van der Waals surface area contributed by atoms with E-state index in [1.165, 1.54) is 11.0 Å². The topological polar surface area (TPSA) is 91.0 Å². The van der Waals surface area contributed by atoms with E-state index >= 15 is 0 Å². The zero-order chi connectivity index (χ0) is 22.3. The van der Waals surface area contributed by atoms with Crippen molar-refractivity contribution in [3.05, 3.63) is 76.9 Å². The van der Waals surface area contributed by atoms with Crippen molar-refractivity contribution in [2.45, 2.75) is 33.4 Å². The van der Waals surface area contributed by atoms with Gasteiger partial charge in [0, 0.05) is 22.4 Å². The van der Waals surface area contributed by atoms with Crippen molar-refractivity contribution in [3.8, 4) is 0 Å². The van der Waals surface area contributed by atoms with Crippen LogP contribution in [0.3, 0.4) is 0 Å². The Morgan fingerprint density at radius 1 is 0.968 bits per heavy atom. The Kier molecular flexibility index (Phi) is 5.25. The molecule has 0 bridgehead atoms. The van der Waals surface area contributed by atoms with E-state index in [-0.39, 0.29) is 24.1 Å². The molecule has 0 fully saturated rings. The molecule has 158 valence electrons. The summed E-state index contributed by atoms with van der Waals surface area (Å²) in [6.45, 7) is 5.51. The predicted molar refractivity (Wildman–Crippen MR) is 120 cm³/mol. The molecule has 3 aromatic carbocycles. The highest BCUT2D eigenvalue weighted by molar-refractivity contribution is 6.14. The molecule has 0 aliphatic heterocycles. The van der Waals surface area contributed by atoms with E-state index in [0.717, 1.165) is 16.5 Å². The molecule has 6 heteroatoms. The summed E-state index contributed by atoms with van der Waals surface area (Å²) in [6, 6.07) is 15.4. The van der Waals surface area contributed by atoms with Gasteiger partial charge >= 0.3 is 5.97 Å². The summed E-state index contributed by atoms with van der Waals surface area (Å²) in [5.41, 5.74) is 3.52. The second-order valence-corrected chi connectivity index (χ2v) is 7.90. The molecule has 1 heterocycles. The van der Waals surface area contributed by atoms with Gasteiger partial charge in [0.2, 0.25) is 0 Å². The molecule has 0 spiro atoms. The molecule has 4 rings (SSSR count). The number of benzene rings is 3. The van der Waals surface area contributed by atoms with E-state index in [1.807, 2.05) is 39.0 Å². The van der Waals surface area contributed by atoms with Gasteiger partial charge in [0.25, 0.3) is 5.91 Å². The highest BCUT2D eigenvalue weighted by atomic mass is 16.4. The number of fused-ring (bicyclic) bond motifs is 3. The summed E-state index contributed by atoms with van der Waals surface area (Å²) >= 11 is 0. The zero-order valence-electron chi connectivity index (χ0n) is 17.5. The van der Waals surface area contributed by atoms with Crippen LogP contribution < -0.4 is 4.90 Å². The van der Waals surface area contributed by atoms with E-state index in [0.29, 0.717) is 27.8 Å². The van der Waals surface area contributed by atoms with E-state index in [9.17, 15) is 19.8 Å². The average Bonchev–Trinajstić information content (AvgIpc) is 3.10. The minimum atomic E-state index is -1.14. The van der Waals surface area contributed by atoms with Crippen LogP contribution in [0.1, 0.15) is 45.7 Å². The first kappa shape index (κ1) is 20.6. The molecule has 2 N–H and O–H groups in total. The van der Waals surface area contributed by atoms with Gasteiger partial charge in [-0.2, -0.15) is 0 Å². The number of carbonyl (C=O) groups excluding carboxylic acids is 1. The fourth-order valence-corrected chi connectivity index (χ4v) is 3.78. The Balaban J connectivity index is 1.96. The third-order valence-corrected chi connectivity index (χ3v) is 5.36.